The summed E-state index contributed by atoms with van der Waals surface area (Å²) in [6, 6.07) is 3.80. The summed E-state index contributed by atoms with van der Waals surface area (Å²) >= 11 is 0. The van der Waals surface area contributed by atoms with E-state index < -0.39 is 11.6 Å². The van der Waals surface area contributed by atoms with Gasteiger partial charge in [-0.25, -0.2) is 8.78 Å². The Labute approximate surface area is 176 Å². The van der Waals surface area contributed by atoms with Gasteiger partial charge in [0.25, 0.3) is 0 Å². The van der Waals surface area contributed by atoms with Gasteiger partial charge in [0.1, 0.15) is 11.6 Å². The minimum Gasteiger partial charge on any atom is -0.356 e. The Morgan fingerprint density at radius 1 is 1.30 bits per heavy atom. The molecule has 150 valence electrons. The third-order valence-corrected chi connectivity index (χ3v) is 4.48. The highest BCUT2D eigenvalue weighted by Gasteiger charge is 2.14. The quantitative estimate of drug-likeness (QED) is 0.371. The molecular weight excluding hydrogens is 463 g/mol. The number of guanidine groups is 1. The summed E-state index contributed by atoms with van der Waals surface area (Å²) in [7, 11) is 3.64. The van der Waals surface area contributed by atoms with E-state index in [1.165, 1.54) is 17.7 Å². The number of halogens is 3. The molecule has 1 atom stereocenters. The smallest absolute Gasteiger partial charge is 0.191 e. The molecule has 0 bridgehead atoms. The Kier molecular flexibility index (Phi) is 9.14. The van der Waals surface area contributed by atoms with Crippen molar-refractivity contribution >= 4 is 29.9 Å². The molecular formula is C19H28F2IN5. The molecule has 8 heteroatoms. The highest BCUT2D eigenvalue weighted by Crippen LogP contribution is 2.14. The Bertz CT molecular complexity index is 789. The van der Waals surface area contributed by atoms with Crippen LogP contribution in [-0.4, -0.2) is 35.4 Å². The molecule has 1 aromatic carbocycles. The normalized spacial score (nSPS) is 12.5. The number of aromatic nitrogens is 2. The highest BCUT2D eigenvalue weighted by atomic mass is 127. The first-order valence-electron chi connectivity index (χ1n) is 8.72. The molecule has 0 saturated heterocycles. The SMILES string of the molecule is CN=C(NCCc1ccc(F)cc1F)NC(C)Cc1c(C)nn(C)c1C.I. The van der Waals surface area contributed by atoms with E-state index in [0.29, 0.717) is 24.5 Å². The van der Waals surface area contributed by atoms with Gasteiger partial charge in [-0.2, -0.15) is 5.10 Å². The lowest BCUT2D eigenvalue weighted by Gasteiger charge is -2.18. The lowest BCUT2D eigenvalue weighted by atomic mass is 10.1. The third kappa shape index (κ3) is 6.44. The van der Waals surface area contributed by atoms with Crippen LogP contribution in [0.5, 0.6) is 0 Å². The van der Waals surface area contributed by atoms with Crippen LogP contribution in [-0.2, 0) is 19.9 Å². The average Bonchev–Trinajstić information content (AvgIpc) is 2.82. The summed E-state index contributed by atoms with van der Waals surface area (Å²) in [5.41, 5.74) is 3.90. The van der Waals surface area contributed by atoms with E-state index in [0.717, 1.165) is 23.9 Å². The van der Waals surface area contributed by atoms with Crippen molar-refractivity contribution in [2.45, 2.75) is 39.7 Å². The molecule has 0 radical (unpaired) electrons. The molecule has 5 nitrogen and oxygen atoms in total. The van der Waals surface area contributed by atoms with Gasteiger partial charge in [-0.1, -0.05) is 6.07 Å². The first-order chi connectivity index (χ1) is 12.3. The zero-order valence-electron chi connectivity index (χ0n) is 16.4. The number of hydrogen-bond acceptors (Lipinski definition) is 2. The second-order valence-corrected chi connectivity index (χ2v) is 6.51. The van der Waals surface area contributed by atoms with Gasteiger partial charge in [0.05, 0.1) is 5.69 Å². The Balaban J connectivity index is 0.00000364. The standard InChI is InChI=1S/C19H27F2N5.HI/c1-12(10-17-13(2)25-26(5)14(17)3)24-19(22-4)23-9-8-15-6-7-16(20)11-18(15)21;/h6-7,11-12H,8-10H2,1-5H3,(H2,22,23,24);1H. The molecule has 0 amide bonds. The third-order valence-electron chi connectivity index (χ3n) is 4.48. The fourth-order valence-electron chi connectivity index (χ4n) is 2.94. The molecule has 1 heterocycles. The lowest BCUT2D eigenvalue weighted by molar-refractivity contribution is 0.570. The van der Waals surface area contributed by atoms with E-state index in [2.05, 4.69) is 34.6 Å². The maximum absolute atomic E-state index is 13.7. The van der Waals surface area contributed by atoms with Crippen molar-refractivity contribution < 1.29 is 8.78 Å². The van der Waals surface area contributed by atoms with Gasteiger partial charge < -0.3 is 10.6 Å². The topological polar surface area (TPSA) is 54.2 Å². The van der Waals surface area contributed by atoms with Crippen LogP contribution in [0.25, 0.3) is 0 Å². The molecule has 2 N–H and O–H groups in total. The molecule has 0 aliphatic carbocycles. The van der Waals surface area contributed by atoms with E-state index in [1.807, 2.05) is 18.7 Å². The van der Waals surface area contributed by atoms with Crippen molar-refractivity contribution in [1.29, 1.82) is 0 Å². The Morgan fingerprint density at radius 2 is 2.00 bits per heavy atom. The molecule has 0 saturated carbocycles. The largest absolute Gasteiger partial charge is 0.356 e. The summed E-state index contributed by atoms with van der Waals surface area (Å²) in [6.45, 7) is 6.66. The van der Waals surface area contributed by atoms with Crippen LogP contribution < -0.4 is 10.6 Å². The number of nitrogens with one attached hydrogen (secondary N) is 2. The van der Waals surface area contributed by atoms with Crippen LogP contribution in [0.2, 0.25) is 0 Å². The molecule has 27 heavy (non-hydrogen) atoms. The monoisotopic (exact) mass is 491 g/mol. The van der Waals surface area contributed by atoms with Gasteiger partial charge >= 0.3 is 0 Å². The van der Waals surface area contributed by atoms with Gasteiger partial charge in [-0.15, -0.1) is 24.0 Å². The predicted molar refractivity (Wildman–Crippen MR) is 116 cm³/mol. The van der Waals surface area contributed by atoms with Crippen molar-refractivity contribution in [2.75, 3.05) is 13.6 Å². The van der Waals surface area contributed by atoms with Gasteiger partial charge in [0, 0.05) is 38.4 Å². The summed E-state index contributed by atoms with van der Waals surface area (Å²) in [5.74, 6) is -0.434. The van der Waals surface area contributed by atoms with E-state index in [-0.39, 0.29) is 30.0 Å². The fourth-order valence-corrected chi connectivity index (χ4v) is 2.94. The molecule has 2 aromatic rings. The average molecular weight is 491 g/mol. The second kappa shape index (κ2) is 10.6. The zero-order valence-corrected chi connectivity index (χ0v) is 18.8. The van der Waals surface area contributed by atoms with Gasteiger partial charge in [-0.05, 0) is 50.8 Å². The van der Waals surface area contributed by atoms with Crippen molar-refractivity contribution in [2.24, 2.45) is 12.0 Å². The molecule has 0 aliphatic heterocycles. The summed E-state index contributed by atoms with van der Waals surface area (Å²) in [4.78, 5) is 4.21. The first kappa shape index (κ1) is 23.3. The van der Waals surface area contributed by atoms with Crippen LogP contribution in [0.15, 0.2) is 23.2 Å². The van der Waals surface area contributed by atoms with Gasteiger partial charge in [0.15, 0.2) is 5.96 Å². The van der Waals surface area contributed by atoms with Crippen LogP contribution >= 0.6 is 24.0 Å². The molecule has 0 aliphatic rings. The number of nitrogens with zero attached hydrogens (tertiary/aromatic N) is 3. The number of rotatable bonds is 6. The van der Waals surface area contributed by atoms with Crippen LogP contribution in [0, 0.1) is 25.5 Å². The number of aliphatic imine (C=N–C) groups is 1. The zero-order chi connectivity index (χ0) is 19.3. The van der Waals surface area contributed by atoms with Gasteiger partial charge in [-0.3, -0.25) is 9.67 Å². The molecule has 1 aromatic heterocycles. The number of benzene rings is 1. The van der Waals surface area contributed by atoms with E-state index in [4.69, 9.17) is 0 Å². The lowest BCUT2D eigenvalue weighted by Crippen LogP contribution is -2.43. The van der Waals surface area contributed by atoms with Gasteiger partial charge in [0.2, 0.25) is 0 Å². The minimum absolute atomic E-state index is 0. The summed E-state index contributed by atoms with van der Waals surface area (Å²) in [6.07, 6.45) is 1.28. The van der Waals surface area contributed by atoms with Crippen LogP contribution in [0.3, 0.4) is 0 Å². The van der Waals surface area contributed by atoms with Crippen molar-refractivity contribution in [3.05, 3.63) is 52.3 Å². The second-order valence-electron chi connectivity index (χ2n) is 6.51. The molecule has 1 unspecified atom stereocenters. The van der Waals surface area contributed by atoms with Crippen LogP contribution in [0.1, 0.15) is 29.4 Å². The molecule has 0 fully saturated rings. The van der Waals surface area contributed by atoms with Crippen molar-refractivity contribution in [3.63, 3.8) is 0 Å². The minimum atomic E-state index is -0.563. The Morgan fingerprint density at radius 3 is 2.56 bits per heavy atom. The fraction of sp³-hybridized carbons (Fsp3) is 0.474. The summed E-state index contributed by atoms with van der Waals surface area (Å²) in [5, 5.41) is 10.9. The maximum atomic E-state index is 13.7. The van der Waals surface area contributed by atoms with E-state index in [1.54, 1.807) is 7.05 Å². The maximum Gasteiger partial charge on any atom is 0.191 e. The molecule has 0 spiro atoms. The van der Waals surface area contributed by atoms with Crippen molar-refractivity contribution in [1.82, 2.24) is 20.4 Å². The van der Waals surface area contributed by atoms with Crippen molar-refractivity contribution in [3.8, 4) is 0 Å². The highest BCUT2D eigenvalue weighted by molar-refractivity contribution is 14.0. The van der Waals surface area contributed by atoms with E-state index in [9.17, 15) is 8.78 Å². The summed E-state index contributed by atoms with van der Waals surface area (Å²) < 4.78 is 28.5. The first-order valence-corrected chi connectivity index (χ1v) is 8.72. The number of aryl methyl sites for hydroxylation is 2. The Hall–Kier alpha value is -1.71. The number of hydrogen-bond donors (Lipinski definition) is 2. The van der Waals surface area contributed by atoms with Crippen LogP contribution in [0.4, 0.5) is 8.78 Å². The predicted octanol–water partition coefficient (Wildman–Crippen LogP) is 3.27. The molecule has 2 rings (SSSR count). The van der Waals surface area contributed by atoms with E-state index >= 15 is 0 Å².